The first-order chi connectivity index (χ1) is 7.93. The van der Waals surface area contributed by atoms with Gasteiger partial charge in [-0.2, -0.15) is 0 Å². The molecule has 6 nitrogen and oxygen atoms in total. The number of ether oxygens (including phenoxy) is 2. The number of ketones is 1. The first kappa shape index (κ1) is 13.0. The average Bonchev–Trinajstić information content (AvgIpc) is 2.23. The van der Waals surface area contributed by atoms with Crippen molar-refractivity contribution in [1.82, 2.24) is 4.57 Å². The molecule has 0 N–H and O–H groups in total. The third-order valence-corrected chi connectivity index (χ3v) is 2.04. The number of nitrogens with zero attached hydrogens (tertiary/aromatic N) is 1. The Labute approximate surface area is 97.8 Å². The van der Waals surface area contributed by atoms with Crippen molar-refractivity contribution in [3.63, 3.8) is 0 Å². The summed E-state index contributed by atoms with van der Waals surface area (Å²) in [6, 6.07) is 2.67. The molecule has 6 heteroatoms. The van der Waals surface area contributed by atoms with E-state index in [4.69, 9.17) is 9.47 Å². The summed E-state index contributed by atoms with van der Waals surface area (Å²) in [5, 5.41) is 0. The van der Waals surface area contributed by atoms with Crippen LogP contribution < -0.4 is 15.0 Å². The molecule has 0 radical (unpaired) electrons. The zero-order valence-electron chi connectivity index (χ0n) is 9.85. The second-order valence-electron chi connectivity index (χ2n) is 3.48. The van der Waals surface area contributed by atoms with Crippen molar-refractivity contribution in [3.05, 3.63) is 22.5 Å². The van der Waals surface area contributed by atoms with Gasteiger partial charge in [0.05, 0.1) is 7.11 Å². The van der Waals surface area contributed by atoms with Gasteiger partial charge in [0, 0.05) is 19.2 Å². The van der Waals surface area contributed by atoms with Crippen LogP contribution in [0, 0.1) is 0 Å². The van der Waals surface area contributed by atoms with Gasteiger partial charge in [-0.15, -0.1) is 0 Å². The van der Waals surface area contributed by atoms with Gasteiger partial charge in [-0.3, -0.25) is 19.0 Å². The lowest BCUT2D eigenvalue weighted by Crippen LogP contribution is -2.21. The molecule has 1 aromatic heterocycles. The topological polar surface area (TPSA) is 74.6 Å². The SMILES string of the molecule is COc1cc(OC(=O)CC(C)=O)n(C)c(=O)c1. The van der Waals surface area contributed by atoms with E-state index in [2.05, 4.69) is 0 Å². The molecule has 0 aliphatic rings. The highest BCUT2D eigenvalue weighted by Crippen LogP contribution is 2.16. The highest BCUT2D eigenvalue weighted by molar-refractivity contribution is 5.94. The minimum absolute atomic E-state index is 0.0422. The largest absolute Gasteiger partial charge is 0.496 e. The smallest absolute Gasteiger partial charge is 0.319 e. The Morgan fingerprint density at radius 2 is 2.00 bits per heavy atom. The Hall–Kier alpha value is -2.11. The second-order valence-corrected chi connectivity index (χ2v) is 3.48. The molecule has 1 heterocycles. The van der Waals surface area contributed by atoms with Gasteiger partial charge in [-0.05, 0) is 6.92 Å². The average molecular weight is 239 g/mol. The molecule has 0 saturated heterocycles. The molecule has 0 fully saturated rings. The predicted octanol–water partition coefficient (Wildman–Crippen LogP) is 0.278. The van der Waals surface area contributed by atoms with E-state index in [0.29, 0.717) is 5.75 Å². The van der Waals surface area contributed by atoms with Crippen LogP contribution in [0.4, 0.5) is 0 Å². The number of esters is 1. The van der Waals surface area contributed by atoms with E-state index in [9.17, 15) is 14.4 Å². The first-order valence-electron chi connectivity index (χ1n) is 4.89. The van der Waals surface area contributed by atoms with Crippen molar-refractivity contribution < 1.29 is 19.1 Å². The van der Waals surface area contributed by atoms with Crippen LogP contribution in [-0.4, -0.2) is 23.4 Å². The summed E-state index contributed by atoms with van der Waals surface area (Å²) in [7, 11) is 2.86. The van der Waals surface area contributed by atoms with E-state index in [1.807, 2.05) is 0 Å². The molecule has 92 valence electrons. The molecule has 0 aliphatic carbocycles. The van der Waals surface area contributed by atoms with Crippen LogP contribution in [0.5, 0.6) is 11.6 Å². The van der Waals surface area contributed by atoms with Gasteiger partial charge in [-0.25, -0.2) is 0 Å². The van der Waals surface area contributed by atoms with Crippen molar-refractivity contribution in [2.45, 2.75) is 13.3 Å². The van der Waals surface area contributed by atoms with Crippen LogP contribution in [0.15, 0.2) is 16.9 Å². The summed E-state index contributed by atoms with van der Waals surface area (Å²) in [5.74, 6) is -0.678. The quantitative estimate of drug-likeness (QED) is 0.557. The van der Waals surface area contributed by atoms with Crippen molar-refractivity contribution >= 4 is 11.8 Å². The molecule has 0 aromatic carbocycles. The third-order valence-electron chi connectivity index (χ3n) is 2.04. The number of aromatic nitrogens is 1. The minimum Gasteiger partial charge on any atom is -0.496 e. The number of carbonyl (C=O) groups is 2. The Bertz CT molecular complexity index is 503. The highest BCUT2D eigenvalue weighted by atomic mass is 16.5. The van der Waals surface area contributed by atoms with E-state index in [1.165, 1.54) is 33.2 Å². The van der Waals surface area contributed by atoms with Crippen molar-refractivity contribution in [2.75, 3.05) is 7.11 Å². The lowest BCUT2D eigenvalue weighted by molar-refractivity contribution is -0.137. The maximum atomic E-state index is 11.4. The van der Waals surface area contributed by atoms with Crippen LogP contribution >= 0.6 is 0 Å². The van der Waals surface area contributed by atoms with E-state index in [1.54, 1.807) is 0 Å². The summed E-state index contributed by atoms with van der Waals surface area (Å²) in [4.78, 5) is 33.5. The molecular formula is C11H13NO5. The molecule has 0 aliphatic heterocycles. The zero-order chi connectivity index (χ0) is 13.0. The molecular weight excluding hydrogens is 226 g/mol. The zero-order valence-corrected chi connectivity index (χ0v) is 9.85. The van der Waals surface area contributed by atoms with Gasteiger partial charge in [0.2, 0.25) is 5.88 Å². The summed E-state index contributed by atoms with van der Waals surface area (Å²) < 4.78 is 10.9. The number of methoxy groups -OCH3 is 1. The van der Waals surface area contributed by atoms with Crippen molar-refractivity contribution in [3.8, 4) is 11.6 Å². The second kappa shape index (κ2) is 5.29. The fourth-order valence-electron chi connectivity index (χ4n) is 1.16. The molecule has 0 atom stereocenters. The Kier molecular flexibility index (Phi) is 4.03. The van der Waals surface area contributed by atoms with Crippen LogP contribution in [0.1, 0.15) is 13.3 Å². The summed E-state index contributed by atoms with van der Waals surface area (Å²) in [5.41, 5.74) is -0.366. The number of hydrogen-bond acceptors (Lipinski definition) is 5. The van der Waals surface area contributed by atoms with E-state index >= 15 is 0 Å². The van der Waals surface area contributed by atoms with Crippen molar-refractivity contribution in [2.24, 2.45) is 7.05 Å². The van der Waals surface area contributed by atoms with Crippen LogP contribution in [0.2, 0.25) is 0 Å². The maximum Gasteiger partial charge on any atom is 0.319 e. The molecule has 0 amide bonds. The molecule has 0 unspecified atom stereocenters. The van der Waals surface area contributed by atoms with Gasteiger partial charge in [0.25, 0.3) is 5.56 Å². The van der Waals surface area contributed by atoms with Gasteiger partial charge >= 0.3 is 5.97 Å². The van der Waals surface area contributed by atoms with Gasteiger partial charge < -0.3 is 9.47 Å². The third kappa shape index (κ3) is 3.44. The molecule has 17 heavy (non-hydrogen) atoms. The van der Waals surface area contributed by atoms with Gasteiger partial charge in [-0.1, -0.05) is 0 Å². The van der Waals surface area contributed by atoms with Crippen LogP contribution in [0.25, 0.3) is 0 Å². The summed E-state index contributed by atoms with van der Waals surface area (Å²) in [6.07, 6.45) is -0.328. The normalized spacial score (nSPS) is 9.82. The number of rotatable bonds is 4. The summed E-state index contributed by atoms with van der Waals surface area (Å²) in [6.45, 7) is 1.28. The lowest BCUT2D eigenvalue weighted by Gasteiger charge is -2.09. The fourth-order valence-corrected chi connectivity index (χ4v) is 1.16. The Morgan fingerprint density at radius 1 is 1.35 bits per heavy atom. The predicted molar refractivity (Wildman–Crippen MR) is 59.2 cm³/mol. The molecule has 0 saturated carbocycles. The lowest BCUT2D eigenvalue weighted by atomic mass is 10.3. The molecule has 0 bridgehead atoms. The molecule has 1 aromatic rings. The van der Waals surface area contributed by atoms with Crippen molar-refractivity contribution in [1.29, 1.82) is 0 Å². The number of Topliss-reactive ketones (excluding diaryl/α,β-unsaturated/α-hetero) is 1. The number of pyridine rings is 1. The van der Waals surface area contributed by atoms with E-state index < -0.39 is 5.97 Å². The summed E-state index contributed by atoms with van der Waals surface area (Å²) >= 11 is 0. The van der Waals surface area contributed by atoms with E-state index in [0.717, 1.165) is 4.57 Å². The maximum absolute atomic E-state index is 11.4. The number of hydrogen-bond donors (Lipinski definition) is 0. The highest BCUT2D eigenvalue weighted by Gasteiger charge is 2.12. The standard InChI is InChI=1S/C11H13NO5/c1-7(13)4-11(15)17-10-6-8(16-3)5-9(14)12(10)2/h5-6H,4H2,1-3H3. The molecule has 0 spiro atoms. The number of carbonyl (C=O) groups excluding carboxylic acids is 2. The van der Waals surface area contributed by atoms with Crippen LogP contribution in [0.3, 0.4) is 0 Å². The van der Waals surface area contributed by atoms with Crippen LogP contribution in [-0.2, 0) is 16.6 Å². The first-order valence-corrected chi connectivity index (χ1v) is 4.89. The monoisotopic (exact) mass is 239 g/mol. The molecule has 1 rings (SSSR count). The van der Waals surface area contributed by atoms with E-state index in [-0.39, 0.29) is 23.6 Å². The fraction of sp³-hybridized carbons (Fsp3) is 0.364. The minimum atomic E-state index is -0.708. The van der Waals surface area contributed by atoms with Gasteiger partial charge in [0.1, 0.15) is 18.0 Å². The van der Waals surface area contributed by atoms with Gasteiger partial charge in [0.15, 0.2) is 0 Å². The Balaban J connectivity index is 2.98. The Morgan fingerprint density at radius 3 is 2.53 bits per heavy atom.